The molecule has 0 atom stereocenters. The van der Waals surface area contributed by atoms with E-state index in [0.717, 1.165) is 21.5 Å². The molecule has 0 saturated heterocycles. The van der Waals surface area contributed by atoms with Crippen LogP contribution in [0.3, 0.4) is 0 Å². The van der Waals surface area contributed by atoms with Gasteiger partial charge in [0.2, 0.25) is 0 Å². The highest BCUT2D eigenvalue weighted by Crippen LogP contribution is 2.23. The minimum Gasteiger partial charge on any atom is -0.347 e. The number of carbonyl (C=O) groups excluding carboxylic acids is 1. The zero-order valence-corrected chi connectivity index (χ0v) is 14.2. The van der Waals surface area contributed by atoms with Gasteiger partial charge < -0.3 is 5.32 Å². The first-order valence-electron chi connectivity index (χ1n) is 7.93. The van der Waals surface area contributed by atoms with E-state index in [1.807, 2.05) is 66.0 Å². The van der Waals surface area contributed by atoms with Gasteiger partial charge in [-0.1, -0.05) is 30.3 Å². The Morgan fingerprint density at radius 3 is 2.68 bits per heavy atom. The average molecular weight is 345 g/mol. The van der Waals surface area contributed by atoms with Crippen molar-refractivity contribution in [1.82, 2.24) is 15.3 Å². The number of thiophene rings is 1. The predicted octanol–water partition coefficient (Wildman–Crippen LogP) is 4.29. The number of hydrogen-bond acceptors (Lipinski definition) is 4. The Bertz CT molecular complexity index is 1010. The van der Waals surface area contributed by atoms with Crippen LogP contribution in [-0.2, 0) is 6.54 Å². The molecule has 1 aromatic carbocycles. The van der Waals surface area contributed by atoms with Gasteiger partial charge in [0.1, 0.15) is 0 Å². The van der Waals surface area contributed by atoms with Gasteiger partial charge in [0.05, 0.1) is 29.0 Å². The first kappa shape index (κ1) is 15.5. The monoisotopic (exact) mass is 345 g/mol. The fourth-order valence-electron chi connectivity index (χ4n) is 2.68. The molecule has 3 aromatic heterocycles. The maximum atomic E-state index is 12.8. The second-order valence-corrected chi connectivity index (χ2v) is 6.58. The quantitative estimate of drug-likeness (QED) is 0.600. The van der Waals surface area contributed by atoms with Crippen molar-refractivity contribution in [2.75, 3.05) is 0 Å². The number of pyridine rings is 2. The van der Waals surface area contributed by atoms with Gasteiger partial charge in [-0.25, -0.2) is 4.98 Å². The Kier molecular flexibility index (Phi) is 4.23. The van der Waals surface area contributed by atoms with Gasteiger partial charge >= 0.3 is 0 Å². The van der Waals surface area contributed by atoms with Crippen molar-refractivity contribution in [1.29, 1.82) is 0 Å². The van der Waals surface area contributed by atoms with Crippen molar-refractivity contribution in [3.05, 3.63) is 82.7 Å². The van der Waals surface area contributed by atoms with Gasteiger partial charge in [-0.2, -0.15) is 0 Å². The summed E-state index contributed by atoms with van der Waals surface area (Å²) < 4.78 is 0. The summed E-state index contributed by atoms with van der Waals surface area (Å²) in [5, 5.41) is 5.84. The molecule has 1 amide bonds. The summed E-state index contributed by atoms with van der Waals surface area (Å²) >= 11 is 1.63. The molecule has 0 fully saturated rings. The zero-order chi connectivity index (χ0) is 17.1. The van der Waals surface area contributed by atoms with E-state index in [0.29, 0.717) is 17.8 Å². The Balaban J connectivity index is 1.74. The first-order chi connectivity index (χ1) is 12.3. The second kappa shape index (κ2) is 6.83. The van der Waals surface area contributed by atoms with E-state index in [9.17, 15) is 4.79 Å². The molecule has 0 radical (unpaired) electrons. The van der Waals surface area contributed by atoms with Gasteiger partial charge in [0.25, 0.3) is 5.91 Å². The van der Waals surface area contributed by atoms with Crippen molar-refractivity contribution in [3.8, 4) is 11.4 Å². The molecule has 5 heteroatoms. The minimum atomic E-state index is -0.107. The summed E-state index contributed by atoms with van der Waals surface area (Å²) in [7, 11) is 0. The highest BCUT2D eigenvalue weighted by Gasteiger charge is 2.14. The molecule has 4 aromatic rings. The van der Waals surface area contributed by atoms with E-state index in [1.54, 1.807) is 17.5 Å². The van der Waals surface area contributed by atoms with Gasteiger partial charge in [-0.3, -0.25) is 9.78 Å². The van der Waals surface area contributed by atoms with Crippen LogP contribution in [0.4, 0.5) is 0 Å². The van der Waals surface area contributed by atoms with Crippen LogP contribution in [0.15, 0.2) is 72.2 Å². The van der Waals surface area contributed by atoms with Crippen LogP contribution in [0.25, 0.3) is 22.3 Å². The molecule has 0 aliphatic rings. The Morgan fingerprint density at radius 1 is 1.00 bits per heavy atom. The Hall–Kier alpha value is -3.05. The van der Waals surface area contributed by atoms with Crippen molar-refractivity contribution < 1.29 is 4.79 Å². The molecule has 0 unspecified atom stereocenters. The number of benzene rings is 1. The van der Waals surface area contributed by atoms with Crippen molar-refractivity contribution >= 4 is 28.1 Å². The molecular weight excluding hydrogens is 330 g/mol. The molecule has 122 valence electrons. The van der Waals surface area contributed by atoms with Crippen LogP contribution in [-0.4, -0.2) is 15.9 Å². The second-order valence-electron chi connectivity index (χ2n) is 5.55. The number of nitrogens with zero attached hydrogens (tertiary/aromatic N) is 2. The minimum absolute atomic E-state index is 0.107. The number of rotatable bonds is 4. The summed E-state index contributed by atoms with van der Waals surface area (Å²) in [6.45, 7) is 0.520. The molecule has 0 bridgehead atoms. The molecule has 1 N–H and O–H groups in total. The number of para-hydroxylation sites is 1. The van der Waals surface area contributed by atoms with E-state index in [-0.39, 0.29) is 5.91 Å². The first-order valence-corrected chi connectivity index (χ1v) is 8.81. The third-order valence-corrected chi connectivity index (χ3v) is 4.77. The summed E-state index contributed by atoms with van der Waals surface area (Å²) in [6, 6.07) is 19.1. The summed E-state index contributed by atoms with van der Waals surface area (Å²) in [6.07, 6.45) is 1.72. The third kappa shape index (κ3) is 3.27. The van der Waals surface area contributed by atoms with Gasteiger partial charge in [-0.15, -0.1) is 11.3 Å². The lowest BCUT2D eigenvalue weighted by molar-refractivity contribution is 0.0953. The van der Waals surface area contributed by atoms with Crippen LogP contribution in [0, 0.1) is 0 Å². The molecular formula is C20H15N3OS. The van der Waals surface area contributed by atoms with Crippen LogP contribution in [0.5, 0.6) is 0 Å². The fourth-order valence-corrected chi connectivity index (χ4v) is 3.33. The Morgan fingerprint density at radius 2 is 1.88 bits per heavy atom. The van der Waals surface area contributed by atoms with Gasteiger partial charge in [-0.05, 0) is 35.7 Å². The SMILES string of the molecule is O=C(NCc1cccs1)c1cc(-c2ccccn2)nc2ccccc12. The smallest absolute Gasteiger partial charge is 0.252 e. The molecule has 0 aliphatic heterocycles. The lowest BCUT2D eigenvalue weighted by atomic mass is 10.1. The fraction of sp³-hybridized carbons (Fsp3) is 0.0500. The molecule has 0 aliphatic carbocycles. The van der Waals surface area contributed by atoms with Crippen LogP contribution in [0.2, 0.25) is 0 Å². The normalized spacial score (nSPS) is 10.7. The average Bonchev–Trinajstić information content (AvgIpc) is 3.19. The lowest BCUT2D eigenvalue weighted by Gasteiger charge is -2.10. The van der Waals surface area contributed by atoms with E-state index >= 15 is 0 Å². The van der Waals surface area contributed by atoms with E-state index in [1.165, 1.54) is 0 Å². The van der Waals surface area contributed by atoms with E-state index in [4.69, 9.17) is 0 Å². The molecule has 4 nitrogen and oxygen atoms in total. The molecule has 0 saturated carbocycles. The maximum Gasteiger partial charge on any atom is 0.252 e. The molecule has 4 rings (SSSR count). The summed E-state index contributed by atoms with van der Waals surface area (Å²) in [5.41, 5.74) is 2.84. The van der Waals surface area contributed by atoms with Crippen molar-refractivity contribution in [3.63, 3.8) is 0 Å². The molecule has 25 heavy (non-hydrogen) atoms. The third-order valence-electron chi connectivity index (χ3n) is 3.89. The zero-order valence-electron chi connectivity index (χ0n) is 13.3. The lowest BCUT2D eigenvalue weighted by Crippen LogP contribution is -2.22. The number of fused-ring (bicyclic) bond motifs is 1. The number of hydrogen-bond donors (Lipinski definition) is 1. The topological polar surface area (TPSA) is 54.9 Å². The number of amides is 1. The van der Waals surface area contributed by atoms with E-state index < -0.39 is 0 Å². The highest BCUT2D eigenvalue weighted by molar-refractivity contribution is 7.09. The van der Waals surface area contributed by atoms with E-state index in [2.05, 4.69) is 15.3 Å². The number of carbonyl (C=O) groups is 1. The van der Waals surface area contributed by atoms with Crippen LogP contribution >= 0.6 is 11.3 Å². The van der Waals surface area contributed by atoms with Crippen LogP contribution in [0.1, 0.15) is 15.2 Å². The summed E-state index contributed by atoms with van der Waals surface area (Å²) in [5.74, 6) is -0.107. The number of nitrogens with one attached hydrogen (secondary N) is 1. The summed E-state index contributed by atoms with van der Waals surface area (Å²) in [4.78, 5) is 22.9. The van der Waals surface area contributed by atoms with Crippen molar-refractivity contribution in [2.45, 2.75) is 6.54 Å². The standard InChI is InChI=1S/C20H15N3OS/c24-20(22-13-14-6-5-11-25-14)16-12-19(18-9-3-4-10-21-18)23-17-8-2-1-7-15(16)17/h1-12H,13H2,(H,22,24). The Labute approximate surface area is 149 Å². The maximum absolute atomic E-state index is 12.8. The van der Waals surface area contributed by atoms with Crippen molar-refractivity contribution in [2.24, 2.45) is 0 Å². The highest BCUT2D eigenvalue weighted by atomic mass is 32.1. The largest absolute Gasteiger partial charge is 0.347 e. The molecule has 3 heterocycles. The number of aromatic nitrogens is 2. The molecule has 0 spiro atoms. The predicted molar refractivity (Wildman–Crippen MR) is 100 cm³/mol. The van der Waals surface area contributed by atoms with Crippen LogP contribution < -0.4 is 5.32 Å². The van der Waals surface area contributed by atoms with Gasteiger partial charge in [0.15, 0.2) is 0 Å². The van der Waals surface area contributed by atoms with Gasteiger partial charge in [0, 0.05) is 16.5 Å².